The molecule has 13 rings (SSSR count). The summed E-state index contributed by atoms with van der Waals surface area (Å²) in [6.45, 7) is 0. The molecule has 0 aliphatic carbocycles. The summed E-state index contributed by atoms with van der Waals surface area (Å²) in [5.41, 5.74) is 13.9. The van der Waals surface area contributed by atoms with E-state index in [4.69, 9.17) is 19.4 Å². The molecule has 302 valence electrons. The Morgan fingerprint density at radius 2 is 0.862 bits per heavy atom. The van der Waals surface area contributed by atoms with Crippen molar-refractivity contribution < 1.29 is 4.42 Å². The Labute approximate surface area is 374 Å². The van der Waals surface area contributed by atoms with Crippen molar-refractivity contribution in [2.45, 2.75) is 0 Å². The van der Waals surface area contributed by atoms with Gasteiger partial charge in [-0.05, 0) is 62.5 Å². The van der Waals surface area contributed by atoms with Crippen LogP contribution in [0.25, 0.3) is 133 Å². The topological polar surface area (TPSA) is 51.8 Å². The number of para-hydroxylation sites is 2. The van der Waals surface area contributed by atoms with E-state index in [0.717, 1.165) is 116 Å². The summed E-state index contributed by atoms with van der Waals surface area (Å²) in [6, 6.07) is 79.1. The highest BCUT2D eigenvalue weighted by Crippen LogP contribution is 2.47. The van der Waals surface area contributed by atoms with Crippen molar-refractivity contribution in [2.24, 2.45) is 0 Å². The van der Waals surface area contributed by atoms with Gasteiger partial charge in [-0.25, -0.2) is 15.0 Å². The molecule has 0 amide bonds. The largest absolute Gasteiger partial charge is 0.456 e. The van der Waals surface area contributed by atoms with E-state index >= 15 is 0 Å². The molecule has 13 aromatic rings. The average molecular weight is 828 g/mol. The van der Waals surface area contributed by atoms with Crippen LogP contribution < -0.4 is 0 Å². The van der Waals surface area contributed by atoms with Crippen LogP contribution >= 0.6 is 0 Å². The molecule has 4 nitrogen and oxygen atoms in total. The van der Waals surface area contributed by atoms with Crippen molar-refractivity contribution >= 4 is 65.2 Å². The summed E-state index contributed by atoms with van der Waals surface area (Å²) < 4.78 is 6.72. The molecule has 0 saturated carbocycles. The molecule has 0 atom stereocenters. The zero-order valence-electron chi connectivity index (χ0n) is 35.1. The van der Waals surface area contributed by atoms with Crippen LogP contribution in [0.1, 0.15) is 0 Å². The van der Waals surface area contributed by atoms with Crippen molar-refractivity contribution in [3.8, 4) is 67.4 Å². The molecular weight excluding hydrogens is 791 g/mol. The first-order chi connectivity index (χ1) is 32.2. The Kier molecular flexibility index (Phi) is 8.50. The summed E-state index contributed by atoms with van der Waals surface area (Å²) in [5.74, 6) is 0.690. The van der Waals surface area contributed by atoms with E-state index in [9.17, 15) is 0 Å². The second-order valence-corrected chi connectivity index (χ2v) is 16.7. The van der Waals surface area contributed by atoms with Gasteiger partial charge in [0.2, 0.25) is 0 Å². The molecule has 0 aliphatic rings. The number of rotatable bonds is 6. The Morgan fingerprint density at radius 1 is 0.308 bits per heavy atom. The summed E-state index contributed by atoms with van der Waals surface area (Å²) in [4.78, 5) is 16.0. The fourth-order valence-corrected chi connectivity index (χ4v) is 9.81. The molecule has 4 heteroatoms. The summed E-state index contributed by atoms with van der Waals surface area (Å²) in [6.07, 6.45) is 0. The number of hydrogen-bond acceptors (Lipinski definition) is 4. The minimum atomic E-state index is 0.690. The third-order valence-electron chi connectivity index (χ3n) is 12.9. The number of fused-ring (bicyclic) bond motifs is 8. The second kappa shape index (κ2) is 15.0. The number of aromatic nitrogens is 3. The van der Waals surface area contributed by atoms with Gasteiger partial charge in [0.05, 0.1) is 22.6 Å². The van der Waals surface area contributed by atoms with Gasteiger partial charge in [0.1, 0.15) is 11.2 Å². The average Bonchev–Trinajstić information content (AvgIpc) is 3.76. The van der Waals surface area contributed by atoms with E-state index in [1.54, 1.807) is 0 Å². The Bertz CT molecular complexity index is 3880. The van der Waals surface area contributed by atoms with Gasteiger partial charge >= 0.3 is 0 Å². The van der Waals surface area contributed by atoms with Crippen molar-refractivity contribution in [2.75, 3.05) is 0 Å². The maximum Gasteiger partial charge on any atom is 0.161 e. The van der Waals surface area contributed by atoms with Crippen LogP contribution in [0.4, 0.5) is 0 Å². The van der Waals surface area contributed by atoms with Crippen LogP contribution in [0.3, 0.4) is 0 Å². The molecule has 0 aliphatic heterocycles. The van der Waals surface area contributed by atoms with Crippen LogP contribution in [0.2, 0.25) is 0 Å². The molecule has 0 fully saturated rings. The molecule has 3 heterocycles. The fourth-order valence-electron chi connectivity index (χ4n) is 9.81. The Hall–Kier alpha value is -8.73. The van der Waals surface area contributed by atoms with Gasteiger partial charge in [0.15, 0.2) is 5.82 Å². The highest BCUT2D eigenvalue weighted by Gasteiger charge is 2.22. The zero-order valence-corrected chi connectivity index (χ0v) is 35.1. The third kappa shape index (κ3) is 6.18. The van der Waals surface area contributed by atoms with Crippen molar-refractivity contribution in [3.05, 3.63) is 224 Å². The van der Waals surface area contributed by atoms with Gasteiger partial charge in [-0.2, -0.15) is 0 Å². The molecule has 0 saturated heterocycles. The van der Waals surface area contributed by atoms with Crippen molar-refractivity contribution in [3.63, 3.8) is 0 Å². The first-order valence-electron chi connectivity index (χ1n) is 22.0. The zero-order chi connectivity index (χ0) is 42.8. The molecule has 65 heavy (non-hydrogen) atoms. The lowest BCUT2D eigenvalue weighted by Crippen LogP contribution is -1.97. The molecule has 0 bridgehead atoms. The van der Waals surface area contributed by atoms with E-state index in [0.29, 0.717) is 5.82 Å². The first-order valence-corrected chi connectivity index (χ1v) is 22.0. The number of pyridine rings is 1. The maximum absolute atomic E-state index is 6.72. The second-order valence-electron chi connectivity index (χ2n) is 16.7. The van der Waals surface area contributed by atoms with Gasteiger partial charge in [-0.3, -0.25) is 0 Å². The lowest BCUT2D eigenvalue weighted by atomic mass is 9.89. The maximum atomic E-state index is 6.72. The minimum absolute atomic E-state index is 0.690. The molecule has 0 N–H and O–H groups in total. The quantitative estimate of drug-likeness (QED) is 0.157. The van der Waals surface area contributed by atoms with E-state index in [1.165, 1.54) is 10.9 Å². The molecule has 0 unspecified atom stereocenters. The number of nitrogens with zero attached hydrogens (tertiary/aromatic N) is 3. The smallest absolute Gasteiger partial charge is 0.161 e. The molecule has 3 aromatic heterocycles. The predicted octanol–water partition coefficient (Wildman–Crippen LogP) is 16.4. The molecule has 0 radical (unpaired) electrons. The monoisotopic (exact) mass is 827 g/mol. The van der Waals surface area contributed by atoms with Crippen molar-refractivity contribution in [1.29, 1.82) is 0 Å². The Morgan fingerprint density at radius 3 is 1.63 bits per heavy atom. The highest BCUT2D eigenvalue weighted by atomic mass is 16.3. The number of furan rings is 1. The van der Waals surface area contributed by atoms with E-state index < -0.39 is 0 Å². The minimum Gasteiger partial charge on any atom is -0.456 e. The van der Waals surface area contributed by atoms with Crippen LogP contribution in [0.15, 0.2) is 229 Å². The van der Waals surface area contributed by atoms with Gasteiger partial charge in [0.25, 0.3) is 0 Å². The number of hydrogen-bond donors (Lipinski definition) is 0. The SMILES string of the molecule is c1ccc(-c2ccc(-c3nc4ccccc4c4c(-c5ccc(-c6cc(-c7cccc8ccccc78)nc(-c7cccc8ccccc78)n6)cc5)c5c(cc34)oc3ccccc35)cc2)cc1. The van der Waals surface area contributed by atoms with Crippen LogP contribution in [0.5, 0.6) is 0 Å². The lowest BCUT2D eigenvalue weighted by molar-refractivity contribution is 0.669. The third-order valence-corrected chi connectivity index (χ3v) is 12.9. The van der Waals surface area contributed by atoms with E-state index in [2.05, 4.69) is 218 Å². The van der Waals surface area contributed by atoms with Gasteiger partial charge in [-0.1, -0.05) is 200 Å². The van der Waals surface area contributed by atoms with Crippen molar-refractivity contribution in [1.82, 2.24) is 15.0 Å². The molecular formula is C61H37N3O. The van der Waals surface area contributed by atoms with Gasteiger partial charge in [-0.15, -0.1) is 0 Å². The van der Waals surface area contributed by atoms with Crippen LogP contribution in [-0.4, -0.2) is 15.0 Å². The fraction of sp³-hybridized carbons (Fsp3) is 0. The normalized spacial score (nSPS) is 11.7. The van der Waals surface area contributed by atoms with Crippen LogP contribution in [0, 0.1) is 0 Å². The standard InChI is InChI=1S/C61H37N3O/c1-2-14-38(15-3-1)39-28-34-44(35-29-39)60-51-36-56-59(50-23-9-11-27-55(50)65-56)57(58(51)49-22-8-10-26-52(49)62-60)43-32-30-42(31-33-43)53-37-54(47-24-12-18-40-16-4-6-20-45(40)47)64-61(63-53)48-25-13-19-41-17-5-7-21-46(41)48/h1-37H. The highest BCUT2D eigenvalue weighted by molar-refractivity contribution is 6.27. The first kappa shape index (κ1) is 36.9. The predicted molar refractivity (Wildman–Crippen MR) is 270 cm³/mol. The summed E-state index contributed by atoms with van der Waals surface area (Å²) in [7, 11) is 0. The lowest BCUT2D eigenvalue weighted by Gasteiger charge is -2.16. The molecule has 0 spiro atoms. The Balaban J connectivity index is 1.03. The van der Waals surface area contributed by atoms with E-state index in [1.807, 2.05) is 6.07 Å². The van der Waals surface area contributed by atoms with Gasteiger partial charge < -0.3 is 4.42 Å². The van der Waals surface area contributed by atoms with E-state index in [-0.39, 0.29) is 0 Å². The molecule has 10 aromatic carbocycles. The van der Waals surface area contributed by atoms with Gasteiger partial charge in [0, 0.05) is 54.7 Å². The number of benzene rings is 10. The summed E-state index contributed by atoms with van der Waals surface area (Å²) in [5, 5.41) is 10.0. The summed E-state index contributed by atoms with van der Waals surface area (Å²) >= 11 is 0. The van der Waals surface area contributed by atoms with Crippen LogP contribution in [-0.2, 0) is 0 Å².